The Morgan fingerprint density at radius 2 is 1.50 bits per heavy atom. The summed E-state index contributed by atoms with van der Waals surface area (Å²) in [5, 5.41) is 0. The first-order valence-corrected chi connectivity index (χ1v) is 12.8. The van der Waals surface area contributed by atoms with E-state index in [4.69, 9.17) is 14.2 Å². The molecule has 190 valence electrons. The number of fused-ring (bicyclic) bond motifs is 1. The molecule has 0 saturated heterocycles. The Bertz CT molecular complexity index is 1110. The lowest BCUT2D eigenvalue weighted by Gasteiger charge is -2.29. The quantitative estimate of drug-likeness (QED) is 0.481. The summed E-state index contributed by atoms with van der Waals surface area (Å²) in [6.07, 6.45) is 2.67. The van der Waals surface area contributed by atoms with Gasteiger partial charge in [-0.05, 0) is 92.6 Å². The van der Waals surface area contributed by atoms with E-state index in [0.717, 1.165) is 61.5 Å². The molecule has 0 fully saturated rings. The van der Waals surface area contributed by atoms with Crippen LogP contribution in [0.15, 0.2) is 23.1 Å². The monoisotopic (exact) mass is 512 g/mol. The summed E-state index contributed by atoms with van der Waals surface area (Å²) in [6.45, 7) is 8.72. The molecule has 0 atom stereocenters. The van der Waals surface area contributed by atoms with Crippen LogP contribution in [0.4, 0.5) is 0 Å². The lowest BCUT2D eigenvalue weighted by molar-refractivity contribution is 0.248. The predicted molar refractivity (Wildman–Crippen MR) is 137 cm³/mol. The summed E-state index contributed by atoms with van der Waals surface area (Å²) >= 11 is 0. The average Bonchev–Trinajstić information content (AvgIpc) is 2.79. The summed E-state index contributed by atoms with van der Waals surface area (Å²) in [5.74, 6) is 2.24. The van der Waals surface area contributed by atoms with E-state index >= 15 is 0 Å². The van der Waals surface area contributed by atoms with E-state index in [1.54, 1.807) is 27.4 Å². The molecular weight excluding hydrogens is 476 g/mol. The van der Waals surface area contributed by atoms with Crippen LogP contribution in [0.2, 0.25) is 0 Å². The van der Waals surface area contributed by atoms with Crippen molar-refractivity contribution in [3.8, 4) is 17.2 Å². The van der Waals surface area contributed by atoms with Gasteiger partial charge in [-0.2, -0.15) is 0 Å². The third-order valence-corrected chi connectivity index (χ3v) is 8.21. The molecule has 0 aliphatic carbocycles. The van der Waals surface area contributed by atoms with Crippen molar-refractivity contribution in [3.63, 3.8) is 0 Å². The molecule has 1 aliphatic heterocycles. The number of nitrogens with zero attached hydrogens (tertiary/aromatic N) is 1. The van der Waals surface area contributed by atoms with Crippen LogP contribution in [0.5, 0.6) is 17.2 Å². The van der Waals surface area contributed by atoms with Gasteiger partial charge in [0.05, 0.1) is 26.2 Å². The van der Waals surface area contributed by atoms with Gasteiger partial charge in [0.2, 0.25) is 10.0 Å². The van der Waals surface area contributed by atoms with Crippen LogP contribution in [-0.4, -0.2) is 54.3 Å². The molecule has 0 aromatic heterocycles. The Labute approximate surface area is 210 Å². The maximum Gasteiger partial charge on any atom is 0.241 e. The minimum Gasteiger partial charge on any atom is -0.496 e. The average molecular weight is 513 g/mol. The van der Waals surface area contributed by atoms with Gasteiger partial charge in [-0.3, -0.25) is 4.90 Å². The van der Waals surface area contributed by atoms with Crippen LogP contribution in [0, 0.1) is 20.8 Å². The summed E-state index contributed by atoms with van der Waals surface area (Å²) in [4.78, 5) is 2.77. The summed E-state index contributed by atoms with van der Waals surface area (Å²) in [6, 6.07) is 5.93. The lowest BCUT2D eigenvalue weighted by atomic mass is 9.98. The minimum absolute atomic E-state index is 0. The number of sulfonamides is 1. The van der Waals surface area contributed by atoms with E-state index in [1.165, 1.54) is 11.1 Å². The van der Waals surface area contributed by atoms with Crippen molar-refractivity contribution in [2.24, 2.45) is 0 Å². The van der Waals surface area contributed by atoms with Gasteiger partial charge in [-0.15, -0.1) is 12.4 Å². The molecule has 3 rings (SSSR count). The van der Waals surface area contributed by atoms with E-state index in [2.05, 4.69) is 21.8 Å². The molecule has 0 saturated carbocycles. The molecule has 2 aromatic carbocycles. The van der Waals surface area contributed by atoms with Crippen molar-refractivity contribution in [2.45, 2.75) is 51.5 Å². The van der Waals surface area contributed by atoms with E-state index in [-0.39, 0.29) is 12.4 Å². The Morgan fingerprint density at radius 3 is 2.12 bits per heavy atom. The SMILES string of the molecule is COc1cc2c(cc1OC)CN(CCCCNS(=O)(=O)c1c(C)cc(OC)c(C)c1C)CC2.Cl. The summed E-state index contributed by atoms with van der Waals surface area (Å²) in [5.41, 5.74) is 4.85. The largest absolute Gasteiger partial charge is 0.496 e. The molecule has 2 aromatic rings. The fourth-order valence-electron chi connectivity index (χ4n) is 4.52. The molecule has 34 heavy (non-hydrogen) atoms. The normalized spacial score (nSPS) is 13.7. The first-order chi connectivity index (χ1) is 15.7. The zero-order valence-electron chi connectivity index (χ0n) is 21.0. The van der Waals surface area contributed by atoms with Gasteiger partial charge in [0.15, 0.2) is 11.5 Å². The van der Waals surface area contributed by atoms with Crippen LogP contribution in [0.3, 0.4) is 0 Å². The van der Waals surface area contributed by atoms with E-state index < -0.39 is 10.0 Å². The smallest absolute Gasteiger partial charge is 0.241 e. The maximum absolute atomic E-state index is 13.0. The number of unbranched alkanes of at least 4 members (excludes halogenated alkanes) is 1. The molecule has 0 radical (unpaired) electrons. The molecular formula is C25H37ClN2O5S. The number of halogens is 1. The fraction of sp³-hybridized carbons (Fsp3) is 0.520. The molecule has 1 heterocycles. The third-order valence-electron chi connectivity index (χ3n) is 6.46. The summed E-state index contributed by atoms with van der Waals surface area (Å²) in [7, 11) is 1.34. The number of benzene rings is 2. The highest BCUT2D eigenvalue weighted by atomic mass is 35.5. The van der Waals surface area contributed by atoms with Crippen molar-refractivity contribution in [1.29, 1.82) is 0 Å². The van der Waals surface area contributed by atoms with Crippen LogP contribution >= 0.6 is 12.4 Å². The number of rotatable bonds is 10. The molecule has 9 heteroatoms. The number of nitrogens with one attached hydrogen (secondary N) is 1. The Balaban J connectivity index is 0.00000408. The standard InChI is InChI=1S/C25H36N2O5S.ClH/c1-17-13-22(30-4)18(2)19(3)25(17)33(28,29)26-10-7-8-11-27-12-9-20-14-23(31-5)24(32-6)15-21(20)16-27;/h13-15,26H,7-12,16H2,1-6H3;1H. The highest BCUT2D eigenvalue weighted by molar-refractivity contribution is 7.89. The number of hydrogen-bond donors (Lipinski definition) is 1. The van der Waals surface area contributed by atoms with Crippen molar-refractivity contribution in [3.05, 3.63) is 46.0 Å². The third kappa shape index (κ3) is 6.16. The van der Waals surface area contributed by atoms with Gasteiger partial charge in [0.25, 0.3) is 0 Å². The Hall–Kier alpha value is -2.00. The van der Waals surface area contributed by atoms with E-state index in [1.807, 2.05) is 20.8 Å². The highest BCUT2D eigenvalue weighted by Gasteiger charge is 2.23. The predicted octanol–water partition coefficient (Wildman–Crippen LogP) is 4.18. The second-order valence-electron chi connectivity index (χ2n) is 8.58. The van der Waals surface area contributed by atoms with Crippen molar-refractivity contribution >= 4 is 22.4 Å². The van der Waals surface area contributed by atoms with Crippen molar-refractivity contribution < 1.29 is 22.6 Å². The van der Waals surface area contributed by atoms with Crippen molar-refractivity contribution in [2.75, 3.05) is 41.0 Å². The molecule has 1 N–H and O–H groups in total. The Kier molecular flexibility index (Phi) is 10.1. The number of aryl methyl sites for hydroxylation is 1. The van der Waals surface area contributed by atoms with Gasteiger partial charge >= 0.3 is 0 Å². The number of methoxy groups -OCH3 is 3. The van der Waals surface area contributed by atoms with Crippen LogP contribution in [-0.2, 0) is 23.0 Å². The minimum atomic E-state index is -3.57. The topological polar surface area (TPSA) is 77.1 Å². The first kappa shape index (κ1) is 28.2. The molecule has 0 bridgehead atoms. The second-order valence-corrected chi connectivity index (χ2v) is 10.3. The molecule has 0 unspecified atom stereocenters. The van der Waals surface area contributed by atoms with E-state index in [9.17, 15) is 8.42 Å². The zero-order chi connectivity index (χ0) is 24.2. The van der Waals surface area contributed by atoms with Gasteiger partial charge in [-0.1, -0.05) is 0 Å². The van der Waals surface area contributed by atoms with Crippen molar-refractivity contribution in [1.82, 2.24) is 9.62 Å². The summed E-state index contributed by atoms with van der Waals surface area (Å²) < 4.78 is 44.9. The Morgan fingerprint density at radius 1 is 0.882 bits per heavy atom. The number of hydrogen-bond acceptors (Lipinski definition) is 6. The molecule has 1 aliphatic rings. The van der Waals surface area contributed by atoms with Crippen LogP contribution in [0.1, 0.15) is 40.7 Å². The van der Waals surface area contributed by atoms with Crippen LogP contribution in [0.25, 0.3) is 0 Å². The maximum atomic E-state index is 13.0. The fourth-order valence-corrected chi connectivity index (χ4v) is 6.11. The van der Waals surface area contributed by atoms with Gasteiger partial charge in [0, 0.05) is 19.6 Å². The number of ether oxygens (including phenoxy) is 3. The zero-order valence-corrected chi connectivity index (χ0v) is 22.6. The van der Waals surface area contributed by atoms with E-state index in [0.29, 0.717) is 22.8 Å². The van der Waals surface area contributed by atoms with Gasteiger partial charge in [-0.25, -0.2) is 13.1 Å². The van der Waals surface area contributed by atoms with Gasteiger partial charge < -0.3 is 14.2 Å². The molecule has 0 spiro atoms. The first-order valence-electron chi connectivity index (χ1n) is 11.3. The molecule has 0 amide bonds. The second kappa shape index (κ2) is 12.1. The highest BCUT2D eigenvalue weighted by Crippen LogP contribution is 2.33. The molecule has 7 nitrogen and oxygen atoms in total. The van der Waals surface area contributed by atoms with Crippen LogP contribution < -0.4 is 18.9 Å². The lowest BCUT2D eigenvalue weighted by Crippen LogP contribution is -2.32. The van der Waals surface area contributed by atoms with Gasteiger partial charge in [0.1, 0.15) is 5.75 Å².